The predicted octanol–water partition coefficient (Wildman–Crippen LogP) is 1.57. The lowest BCUT2D eigenvalue weighted by atomic mass is 10.3. The van der Waals surface area contributed by atoms with Crippen LogP contribution in [0.25, 0.3) is 0 Å². The quantitative estimate of drug-likeness (QED) is 0.853. The van der Waals surface area contributed by atoms with Gasteiger partial charge in [-0.25, -0.2) is 0 Å². The van der Waals surface area contributed by atoms with E-state index in [0.29, 0.717) is 6.54 Å². The summed E-state index contributed by atoms with van der Waals surface area (Å²) in [7, 11) is 1.97. The molecular formula is C12H18N4O. The summed E-state index contributed by atoms with van der Waals surface area (Å²) in [5.41, 5.74) is 3.24. The van der Waals surface area contributed by atoms with Gasteiger partial charge in [-0.3, -0.25) is 4.68 Å². The van der Waals surface area contributed by atoms with Crippen LogP contribution >= 0.6 is 0 Å². The van der Waals surface area contributed by atoms with Crippen LogP contribution in [0.15, 0.2) is 16.7 Å². The van der Waals surface area contributed by atoms with E-state index in [1.54, 1.807) is 0 Å². The summed E-state index contributed by atoms with van der Waals surface area (Å²) in [5.74, 6) is 0.843. The highest BCUT2D eigenvalue weighted by Crippen LogP contribution is 2.05. The van der Waals surface area contributed by atoms with E-state index in [2.05, 4.69) is 28.6 Å². The molecule has 0 amide bonds. The Labute approximate surface area is 101 Å². The van der Waals surface area contributed by atoms with Crippen molar-refractivity contribution in [2.24, 2.45) is 7.05 Å². The Kier molecular flexibility index (Phi) is 3.58. The lowest BCUT2D eigenvalue weighted by Gasteiger charge is -2.02. The fourth-order valence-electron chi connectivity index (χ4n) is 1.73. The summed E-state index contributed by atoms with van der Waals surface area (Å²) in [6, 6.07) is 4.06. The van der Waals surface area contributed by atoms with Crippen LogP contribution in [0.4, 0.5) is 0 Å². The van der Waals surface area contributed by atoms with Crippen LogP contribution in [0.1, 0.15) is 29.8 Å². The molecule has 0 fully saturated rings. The minimum absolute atomic E-state index is 0.712. The number of hydrogen-bond acceptors (Lipinski definition) is 4. The Morgan fingerprint density at radius 1 is 1.29 bits per heavy atom. The first-order valence-electron chi connectivity index (χ1n) is 5.83. The molecule has 2 heterocycles. The number of hydrogen-bond donors (Lipinski definition) is 1. The second-order valence-electron chi connectivity index (χ2n) is 4.14. The van der Waals surface area contributed by atoms with Crippen LogP contribution in [0, 0.1) is 6.92 Å². The molecule has 0 saturated heterocycles. The molecule has 0 unspecified atom stereocenters. The van der Waals surface area contributed by atoms with Crippen molar-refractivity contribution >= 4 is 0 Å². The maximum atomic E-state index is 5.00. The molecule has 92 valence electrons. The van der Waals surface area contributed by atoms with E-state index in [1.165, 1.54) is 5.69 Å². The number of nitrogens with zero attached hydrogens (tertiary/aromatic N) is 3. The van der Waals surface area contributed by atoms with E-state index < -0.39 is 0 Å². The fraction of sp³-hybridized carbons (Fsp3) is 0.500. The average molecular weight is 234 g/mol. The standard InChI is InChI=1S/C12H18N4O/c1-4-10-6-12(16(3)14-10)8-13-7-11-5-9(2)17-15-11/h5-6,13H,4,7-8H2,1-3H3. The number of aromatic nitrogens is 3. The van der Waals surface area contributed by atoms with E-state index in [4.69, 9.17) is 4.52 Å². The summed E-state index contributed by atoms with van der Waals surface area (Å²) >= 11 is 0. The van der Waals surface area contributed by atoms with Crippen molar-refractivity contribution in [2.45, 2.75) is 33.4 Å². The molecule has 0 aliphatic heterocycles. The normalized spacial score (nSPS) is 11.0. The van der Waals surface area contributed by atoms with Crippen LogP contribution in [0.3, 0.4) is 0 Å². The van der Waals surface area contributed by atoms with Crippen LogP contribution in [0.2, 0.25) is 0 Å². The third-order valence-corrected chi connectivity index (χ3v) is 2.68. The van der Waals surface area contributed by atoms with Gasteiger partial charge in [-0.2, -0.15) is 5.10 Å². The topological polar surface area (TPSA) is 55.9 Å². The molecule has 0 aliphatic carbocycles. The van der Waals surface area contributed by atoms with Gasteiger partial charge in [0.1, 0.15) is 5.76 Å². The number of aryl methyl sites for hydroxylation is 3. The molecule has 0 aromatic carbocycles. The third kappa shape index (κ3) is 2.94. The Morgan fingerprint density at radius 3 is 2.71 bits per heavy atom. The van der Waals surface area contributed by atoms with Crippen molar-refractivity contribution in [3.8, 4) is 0 Å². The highest BCUT2D eigenvalue weighted by molar-refractivity contribution is 5.10. The van der Waals surface area contributed by atoms with Gasteiger partial charge in [0.25, 0.3) is 0 Å². The summed E-state index contributed by atoms with van der Waals surface area (Å²) in [6.45, 7) is 5.50. The monoisotopic (exact) mass is 234 g/mol. The molecule has 0 radical (unpaired) electrons. The van der Waals surface area contributed by atoms with E-state index in [-0.39, 0.29) is 0 Å². The van der Waals surface area contributed by atoms with E-state index >= 15 is 0 Å². The molecule has 0 atom stereocenters. The maximum absolute atomic E-state index is 5.00. The first kappa shape index (κ1) is 11.9. The van der Waals surface area contributed by atoms with Gasteiger partial charge in [0.05, 0.1) is 17.1 Å². The van der Waals surface area contributed by atoms with E-state index in [9.17, 15) is 0 Å². The van der Waals surface area contributed by atoms with Crippen molar-refractivity contribution in [1.29, 1.82) is 0 Å². The van der Waals surface area contributed by atoms with Gasteiger partial charge >= 0.3 is 0 Å². The van der Waals surface area contributed by atoms with Crippen LogP contribution < -0.4 is 5.32 Å². The average Bonchev–Trinajstić information content (AvgIpc) is 2.86. The molecule has 0 saturated carbocycles. The smallest absolute Gasteiger partial charge is 0.133 e. The Hall–Kier alpha value is -1.62. The van der Waals surface area contributed by atoms with Gasteiger partial charge in [-0.05, 0) is 19.4 Å². The highest BCUT2D eigenvalue weighted by atomic mass is 16.5. The Balaban J connectivity index is 1.87. The molecule has 2 rings (SSSR count). The maximum Gasteiger partial charge on any atom is 0.133 e. The molecule has 2 aromatic rings. The van der Waals surface area contributed by atoms with Crippen molar-refractivity contribution in [1.82, 2.24) is 20.3 Å². The third-order valence-electron chi connectivity index (χ3n) is 2.68. The van der Waals surface area contributed by atoms with Gasteiger partial charge in [-0.1, -0.05) is 12.1 Å². The van der Waals surface area contributed by atoms with Crippen molar-refractivity contribution in [2.75, 3.05) is 0 Å². The molecule has 2 aromatic heterocycles. The Morgan fingerprint density at radius 2 is 2.12 bits per heavy atom. The van der Waals surface area contributed by atoms with Gasteiger partial charge in [-0.15, -0.1) is 0 Å². The predicted molar refractivity (Wildman–Crippen MR) is 64.4 cm³/mol. The lowest BCUT2D eigenvalue weighted by molar-refractivity contribution is 0.388. The van der Waals surface area contributed by atoms with Gasteiger partial charge in [0.2, 0.25) is 0 Å². The molecule has 1 N–H and O–H groups in total. The zero-order chi connectivity index (χ0) is 12.3. The highest BCUT2D eigenvalue weighted by Gasteiger charge is 2.04. The van der Waals surface area contributed by atoms with Gasteiger partial charge in [0, 0.05) is 26.2 Å². The van der Waals surface area contributed by atoms with E-state index in [1.807, 2.05) is 24.7 Å². The van der Waals surface area contributed by atoms with Gasteiger partial charge in [0.15, 0.2) is 0 Å². The van der Waals surface area contributed by atoms with Crippen LogP contribution in [-0.4, -0.2) is 14.9 Å². The van der Waals surface area contributed by atoms with Crippen molar-refractivity contribution < 1.29 is 4.52 Å². The summed E-state index contributed by atoms with van der Waals surface area (Å²) in [4.78, 5) is 0. The second-order valence-corrected chi connectivity index (χ2v) is 4.14. The molecular weight excluding hydrogens is 216 g/mol. The summed E-state index contributed by atoms with van der Waals surface area (Å²) < 4.78 is 6.92. The fourth-order valence-corrected chi connectivity index (χ4v) is 1.73. The minimum atomic E-state index is 0.712. The number of rotatable bonds is 5. The summed E-state index contributed by atoms with van der Waals surface area (Å²) in [6.07, 6.45) is 0.969. The molecule has 17 heavy (non-hydrogen) atoms. The molecule has 0 aliphatic rings. The zero-order valence-corrected chi connectivity index (χ0v) is 10.5. The first-order chi connectivity index (χ1) is 8.19. The molecule has 5 heteroatoms. The second kappa shape index (κ2) is 5.14. The lowest BCUT2D eigenvalue weighted by Crippen LogP contribution is -2.15. The van der Waals surface area contributed by atoms with Crippen molar-refractivity contribution in [3.05, 3.63) is 35.0 Å². The number of nitrogens with one attached hydrogen (secondary N) is 1. The largest absolute Gasteiger partial charge is 0.361 e. The summed E-state index contributed by atoms with van der Waals surface area (Å²) in [5, 5.41) is 11.7. The van der Waals surface area contributed by atoms with E-state index in [0.717, 1.165) is 30.1 Å². The zero-order valence-electron chi connectivity index (χ0n) is 10.5. The molecule has 0 bridgehead atoms. The SMILES string of the molecule is CCc1cc(CNCc2cc(C)on2)n(C)n1. The molecule has 0 spiro atoms. The first-order valence-corrected chi connectivity index (χ1v) is 5.83. The van der Waals surface area contributed by atoms with Crippen molar-refractivity contribution in [3.63, 3.8) is 0 Å². The Bertz CT molecular complexity index is 486. The van der Waals surface area contributed by atoms with Crippen LogP contribution in [-0.2, 0) is 26.6 Å². The molecule has 5 nitrogen and oxygen atoms in total. The minimum Gasteiger partial charge on any atom is -0.361 e. The van der Waals surface area contributed by atoms with Crippen LogP contribution in [0.5, 0.6) is 0 Å². The van der Waals surface area contributed by atoms with Gasteiger partial charge < -0.3 is 9.84 Å².